The Morgan fingerprint density at radius 2 is 2.22 bits per heavy atom. The van der Waals surface area contributed by atoms with Crippen LogP contribution in [-0.4, -0.2) is 46.3 Å². The second kappa shape index (κ2) is 5.66. The maximum Gasteiger partial charge on any atom is 0.246 e. The second-order valence-electron chi connectivity index (χ2n) is 5.76. The quantitative estimate of drug-likeness (QED) is 0.866. The van der Waals surface area contributed by atoms with Crippen LogP contribution in [0.5, 0.6) is 0 Å². The highest BCUT2D eigenvalue weighted by Gasteiger charge is 2.42. The molecule has 23 heavy (non-hydrogen) atoms. The summed E-state index contributed by atoms with van der Waals surface area (Å²) >= 11 is 0. The van der Waals surface area contributed by atoms with E-state index < -0.39 is 21.4 Å². The lowest BCUT2D eigenvalue weighted by Gasteiger charge is -2.37. The van der Waals surface area contributed by atoms with E-state index in [9.17, 15) is 17.9 Å². The molecule has 9 heteroatoms. The summed E-state index contributed by atoms with van der Waals surface area (Å²) in [5.41, 5.74) is -0.505. The van der Waals surface area contributed by atoms with Gasteiger partial charge in [0.15, 0.2) is 0 Å². The number of sulfonamides is 1. The molecule has 0 spiro atoms. The molecule has 3 rings (SSSR count). The average Bonchev–Trinajstić information content (AvgIpc) is 3.05. The highest BCUT2D eigenvalue weighted by atomic mass is 32.2. The molecule has 1 aliphatic rings. The predicted molar refractivity (Wildman–Crippen MR) is 79.4 cm³/mol. The summed E-state index contributed by atoms with van der Waals surface area (Å²) in [7, 11) is -4.04. The zero-order valence-corrected chi connectivity index (χ0v) is 13.3. The fraction of sp³-hybridized carbons (Fsp3) is 0.429. The lowest BCUT2D eigenvalue weighted by Crippen LogP contribution is -2.48. The van der Waals surface area contributed by atoms with Crippen molar-refractivity contribution in [1.29, 1.82) is 0 Å². The number of piperidine rings is 1. The van der Waals surface area contributed by atoms with Gasteiger partial charge in [-0.1, -0.05) is 6.07 Å². The lowest BCUT2D eigenvalue weighted by molar-refractivity contribution is -0.0162. The third kappa shape index (κ3) is 2.87. The van der Waals surface area contributed by atoms with Crippen molar-refractivity contribution in [3.05, 3.63) is 41.5 Å². The maximum atomic E-state index is 14.0. The van der Waals surface area contributed by atoms with Crippen LogP contribution in [0.3, 0.4) is 0 Å². The van der Waals surface area contributed by atoms with Crippen molar-refractivity contribution in [2.75, 3.05) is 13.1 Å². The SMILES string of the molecule is Cc1ccc(F)c(S(=O)(=O)N2CCCC(O)(c3cn[nH]n3)C2)c1. The predicted octanol–water partition coefficient (Wildman–Crippen LogP) is 0.925. The minimum absolute atomic E-state index is 0.185. The normalized spacial score (nSPS) is 23.1. The van der Waals surface area contributed by atoms with Crippen molar-refractivity contribution in [1.82, 2.24) is 19.7 Å². The van der Waals surface area contributed by atoms with E-state index in [4.69, 9.17) is 0 Å². The second-order valence-corrected chi connectivity index (χ2v) is 7.67. The van der Waals surface area contributed by atoms with E-state index in [1.807, 2.05) is 0 Å². The van der Waals surface area contributed by atoms with Gasteiger partial charge in [-0.15, -0.1) is 0 Å². The first-order valence-corrected chi connectivity index (χ1v) is 8.62. The third-order valence-corrected chi connectivity index (χ3v) is 5.89. The molecule has 2 N–H and O–H groups in total. The summed E-state index contributed by atoms with van der Waals surface area (Å²) in [4.78, 5) is -0.373. The van der Waals surface area contributed by atoms with Crippen molar-refractivity contribution >= 4 is 10.0 Å². The minimum atomic E-state index is -4.04. The van der Waals surface area contributed by atoms with Crippen LogP contribution < -0.4 is 0 Å². The van der Waals surface area contributed by atoms with Crippen LogP contribution in [0.4, 0.5) is 4.39 Å². The molecule has 1 saturated heterocycles. The van der Waals surface area contributed by atoms with Crippen molar-refractivity contribution in [3.63, 3.8) is 0 Å². The topological polar surface area (TPSA) is 99.2 Å². The molecule has 0 radical (unpaired) electrons. The number of aromatic amines is 1. The van der Waals surface area contributed by atoms with E-state index in [0.29, 0.717) is 18.4 Å². The van der Waals surface area contributed by atoms with Crippen molar-refractivity contribution in [3.8, 4) is 0 Å². The molecule has 1 unspecified atom stereocenters. The van der Waals surface area contributed by atoms with Crippen LogP contribution >= 0.6 is 0 Å². The smallest absolute Gasteiger partial charge is 0.246 e. The molecule has 0 bridgehead atoms. The number of aryl methyl sites for hydroxylation is 1. The number of benzene rings is 1. The van der Waals surface area contributed by atoms with E-state index in [1.165, 1.54) is 18.3 Å². The van der Waals surface area contributed by atoms with E-state index in [0.717, 1.165) is 10.4 Å². The fourth-order valence-electron chi connectivity index (χ4n) is 2.79. The number of nitrogens with one attached hydrogen (secondary N) is 1. The average molecular weight is 340 g/mol. The highest BCUT2D eigenvalue weighted by molar-refractivity contribution is 7.89. The molecule has 1 atom stereocenters. The Labute approximate surface area is 133 Å². The van der Waals surface area contributed by atoms with E-state index in [2.05, 4.69) is 15.4 Å². The van der Waals surface area contributed by atoms with Gasteiger partial charge in [0.2, 0.25) is 10.0 Å². The van der Waals surface area contributed by atoms with Gasteiger partial charge in [0, 0.05) is 13.1 Å². The molecule has 2 heterocycles. The standard InChI is InChI=1S/C14H17FN4O3S/c1-10-3-4-11(15)12(7-10)23(21,22)19-6-2-5-14(20,9-19)13-8-16-18-17-13/h3-4,7-8,20H,2,5-6,9H2,1H3,(H,16,17,18). The number of H-pyrrole nitrogens is 1. The molecular weight excluding hydrogens is 323 g/mol. The number of β-amino-alcohol motifs (C(OH)–C–C–N with tert-alkyl or cyclic N) is 1. The molecule has 1 aromatic heterocycles. The number of rotatable bonds is 3. The number of nitrogens with zero attached hydrogens (tertiary/aromatic N) is 3. The lowest BCUT2D eigenvalue weighted by atomic mass is 9.91. The van der Waals surface area contributed by atoms with Crippen LogP contribution in [-0.2, 0) is 15.6 Å². The Morgan fingerprint density at radius 3 is 2.91 bits per heavy atom. The van der Waals surface area contributed by atoms with Gasteiger partial charge < -0.3 is 5.11 Å². The van der Waals surface area contributed by atoms with Crippen LogP contribution in [0.15, 0.2) is 29.3 Å². The Bertz CT molecular complexity index is 809. The molecule has 0 saturated carbocycles. The van der Waals surface area contributed by atoms with E-state index in [1.54, 1.807) is 6.92 Å². The number of hydrogen-bond donors (Lipinski definition) is 2. The minimum Gasteiger partial charge on any atom is -0.382 e. The molecule has 0 amide bonds. The molecule has 124 valence electrons. The van der Waals surface area contributed by atoms with Crippen LogP contribution in [0.25, 0.3) is 0 Å². The summed E-state index contributed by atoms with van der Waals surface area (Å²) in [5.74, 6) is -0.800. The third-order valence-electron chi connectivity index (χ3n) is 4.03. The van der Waals surface area contributed by atoms with Gasteiger partial charge in [-0.05, 0) is 37.5 Å². The first-order chi connectivity index (χ1) is 10.8. The van der Waals surface area contributed by atoms with Gasteiger partial charge in [-0.2, -0.15) is 19.7 Å². The Kier molecular flexibility index (Phi) is 3.95. The van der Waals surface area contributed by atoms with Gasteiger partial charge in [-0.3, -0.25) is 0 Å². The summed E-state index contributed by atoms with van der Waals surface area (Å²) < 4.78 is 40.6. The van der Waals surface area contributed by atoms with Crippen molar-refractivity contribution in [2.24, 2.45) is 0 Å². The van der Waals surface area contributed by atoms with Gasteiger partial charge >= 0.3 is 0 Å². The summed E-state index contributed by atoms with van der Waals surface area (Å²) in [6.07, 6.45) is 2.17. The number of hydrogen-bond acceptors (Lipinski definition) is 5. The van der Waals surface area contributed by atoms with E-state index >= 15 is 0 Å². The van der Waals surface area contributed by atoms with Gasteiger partial charge in [0.1, 0.15) is 22.0 Å². The maximum absolute atomic E-state index is 14.0. The van der Waals surface area contributed by atoms with Gasteiger partial charge in [0.05, 0.1) is 6.20 Å². The largest absolute Gasteiger partial charge is 0.382 e. The van der Waals surface area contributed by atoms with Crippen molar-refractivity contribution in [2.45, 2.75) is 30.3 Å². The molecule has 2 aromatic rings. The molecule has 7 nitrogen and oxygen atoms in total. The van der Waals surface area contributed by atoms with Crippen molar-refractivity contribution < 1.29 is 17.9 Å². The van der Waals surface area contributed by atoms with E-state index in [-0.39, 0.29) is 23.7 Å². The molecular formula is C14H17FN4O3S. The Balaban J connectivity index is 1.96. The first kappa shape index (κ1) is 16.0. The Morgan fingerprint density at radius 1 is 1.43 bits per heavy atom. The van der Waals surface area contributed by atoms with Gasteiger partial charge in [-0.25, -0.2) is 12.8 Å². The Hall–Kier alpha value is -1.84. The number of aromatic nitrogens is 3. The monoisotopic (exact) mass is 340 g/mol. The first-order valence-electron chi connectivity index (χ1n) is 7.18. The zero-order chi connectivity index (χ0) is 16.7. The van der Waals surface area contributed by atoms with Crippen LogP contribution in [0.2, 0.25) is 0 Å². The fourth-order valence-corrected chi connectivity index (χ4v) is 4.47. The summed E-state index contributed by atoms with van der Waals surface area (Å²) in [6.45, 7) is 1.73. The summed E-state index contributed by atoms with van der Waals surface area (Å²) in [6, 6.07) is 3.95. The molecule has 1 aromatic carbocycles. The van der Waals surface area contributed by atoms with Crippen LogP contribution in [0, 0.1) is 12.7 Å². The molecule has 0 aliphatic carbocycles. The zero-order valence-electron chi connectivity index (χ0n) is 12.5. The number of halogens is 1. The molecule has 1 fully saturated rings. The van der Waals surface area contributed by atoms with Gasteiger partial charge in [0.25, 0.3) is 0 Å². The molecule has 1 aliphatic heterocycles. The number of aliphatic hydroxyl groups is 1. The highest BCUT2D eigenvalue weighted by Crippen LogP contribution is 2.33. The summed E-state index contributed by atoms with van der Waals surface area (Å²) in [5, 5.41) is 20.6. The van der Waals surface area contributed by atoms with Crippen LogP contribution in [0.1, 0.15) is 24.1 Å².